The first-order valence-corrected chi connectivity index (χ1v) is 4.85. The van der Waals surface area contributed by atoms with E-state index in [9.17, 15) is 13.6 Å². The average molecular weight is 229 g/mol. The van der Waals surface area contributed by atoms with Gasteiger partial charge in [0.1, 0.15) is 5.54 Å². The second kappa shape index (κ2) is 4.57. The molecule has 2 N–H and O–H groups in total. The molecule has 0 saturated carbocycles. The molecular weight excluding hydrogens is 216 g/mol. The third-order valence-electron chi connectivity index (χ3n) is 2.46. The molecular formula is C11H13F2NO2. The van der Waals surface area contributed by atoms with E-state index in [1.54, 1.807) is 6.92 Å². The first-order valence-electron chi connectivity index (χ1n) is 4.85. The van der Waals surface area contributed by atoms with E-state index >= 15 is 0 Å². The number of halogens is 2. The van der Waals surface area contributed by atoms with Gasteiger partial charge < -0.3 is 5.11 Å². The average Bonchev–Trinajstić information content (AvgIpc) is 2.22. The van der Waals surface area contributed by atoms with Gasteiger partial charge in [0.2, 0.25) is 0 Å². The van der Waals surface area contributed by atoms with Gasteiger partial charge in [0.25, 0.3) is 0 Å². The predicted octanol–water partition coefficient (Wildman–Crippen LogP) is 1.87. The normalized spacial score (nSPS) is 14.5. The van der Waals surface area contributed by atoms with Gasteiger partial charge in [-0.3, -0.25) is 5.32 Å². The highest BCUT2D eigenvalue weighted by Gasteiger charge is 2.34. The maximum absolute atomic E-state index is 13.0. The molecule has 0 aliphatic carbocycles. The summed E-state index contributed by atoms with van der Waals surface area (Å²) in [5.41, 5.74) is -1.23. The van der Waals surface area contributed by atoms with E-state index in [1.165, 1.54) is 13.0 Å². The lowest BCUT2D eigenvalue weighted by molar-refractivity contribution is -0.144. The molecule has 0 bridgehead atoms. The molecule has 1 rings (SSSR count). The van der Waals surface area contributed by atoms with Crippen LogP contribution >= 0.6 is 0 Å². The van der Waals surface area contributed by atoms with E-state index in [1.807, 2.05) is 0 Å². The van der Waals surface area contributed by atoms with Crippen molar-refractivity contribution in [1.82, 2.24) is 5.32 Å². The molecule has 16 heavy (non-hydrogen) atoms. The summed E-state index contributed by atoms with van der Waals surface area (Å²) < 4.78 is 25.7. The monoisotopic (exact) mass is 229 g/mol. The number of nitrogens with one attached hydrogen (secondary N) is 1. The smallest absolute Gasteiger partial charge is 0.328 e. The number of hydrogen-bond donors (Lipinski definition) is 2. The highest BCUT2D eigenvalue weighted by molar-refractivity contribution is 5.80. The van der Waals surface area contributed by atoms with Gasteiger partial charge in [-0.25, -0.2) is 13.6 Å². The zero-order chi connectivity index (χ0) is 12.3. The fraction of sp³-hybridized carbons (Fsp3) is 0.364. The Kier molecular flexibility index (Phi) is 3.59. The van der Waals surface area contributed by atoms with Crippen molar-refractivity contribution in [3.63, 3.8) is 0 Å². The standard InChI is InChI=1S/C11H13F2NO2/c1-3-14-11(2,10(15)16)7-4-5-8(12)9(13)6-7/h4-6,14H,3H2,1-2H3,(H,15,16)/t11-/m0/s1. The van der Waals surface area contributed by atoms with Crippen LogP contribution in [0.2, 0.25) is 0 Å². The fourth-order valence-electron chi connectivity index (χ4n) is 1.46. The topological polar surface area (TPSA) is 49.3 Å². The third-order valence-corrected chi connectivity index (χ3v) is 2.46. The van der Waals surface area contributed by atoms with Crippen molar-refractivity contribution in [3.8, 4) is 0 Å². The minimum absolute atomic E-state index is 0.181. The lowest BCUT2D eigenvalue weighted by atomic mass is 9.92. The maximum Gasteiger partial charge on any atom is 0.328 e. The van der Waals surface area contributed by atoms with Crippen molar-refractivity contribution in [2.75, 3.05) is 6.54 Å². The maximum atomic E-state index is 13.0. The fourth-order valence-corrected chi connectivity index (χ4v) is 1.46. The Morgan fingerprint density at radius 3 is 2.50 bits per heavy atom. The van der Waals surface area contributed by atoms with Gasteiger partial charge >= 0.3 is 5.97 Å². The van der Waals surface area contributed by atoms with E-state index in [-0.39, 0.29) is 5.56 Å². The van der Waals surface area contributed by atoms with Crippen molar-refractivity contribution < 1.29 is 18.7 Å². The van der Waals surface area contributed by atoms with E-state index in [4.69, 9.17) is 5.11 Å². The lowest BCUT2D eigenvalue weighted by Gasteiger charge is -2.26. The van der Waals surface area contributed by atoms with E-state index in [0.29, 0.717) is 6.54 Å². The highest BCUT2D eigenvalue weighted by atomic mass is 19.2. The van der Waals surface area contributed by atoms with Crippen LogP contribution in [0, 0.1) is 11.6 Å². The van der Waals surface area contributed by atoms with Gasteiger partial charge in [0.05, 0.1) is 0 Å². The van der Waals surface area contributed by atoms with E-state index in [0.717, 1.165) is 12.1 Å². The Morgan fingerprint density at radius 1 is 1.44 bits per heavy atom. The molecule has 1 atom stereocenters. The molecule has 0 aromatic heterocycles. The minimum atomic E-state index is -1.41. The summed E-state index contributed by atoms with van der Waals surface area (Å²) in [7, 11) is 0. The number of rotatable bonds is 4. The Balaban J connectivity index is 3.21. The molecule has 0 radical (unpaired) electrons. The molecule has 0 fully saturated rings. The largest absolute Gasteiger partial charge is 0.480 e. The first-order chi connectivity index (χ1) is 7.41. The first kappa shape index (κ1) is 12.6. The number of benzene rings is 1. The van der Waals surface area contributed by atoms with Crippen LogP contribution in [0.25, 0.3) is 0 Å². The number of carboxylic acid groups (broad SMARTS) is 1. The molecule has 0 aliphatic heterocycles. The molecule has 3 nitrogen and oxygen atoms in total. The van der Waals surface area contributed by atoms with Gasteiger partial charge in [0.15, 0.2) is 11.6 Å². The molecule has 0 heterocycles. The second-order valence-corrected chi connectivity index (χ2v) is 3.59. The van der Waals surface area contributed by atoms with Crippen molar-refractivity contribution in [3.05, 3.63) is 35.4 Å². The summed E-state index contributed by atoms with van der Waals surface area (Å²) in [6, 6.07) is 3.07. The van der Waals surface area contributed by atoms with Gasteiger partial charge in [-0.1, -0.05) is 13.0 Å². The van der Waals surface area contributed by atoms with Crippen molar-refractivity contribution in [1.29, 1.82) is 0 Å². The molecule has 5 heteroatoms. The van der Waals surface area contributed by atoms with Gasteiger partial charge in [-0.05, 0) is 31.2 Å². The molecule has 0 spiro atoms. The zero-order valence-corrected chi connectivity index (χ0v) is 9.05. The van der Waals surface area contributed by atoms with Crippen LogP contribution in [0.3, 0.4) is 0 Å². The summed E-state index contributed by atoms with van der Waals surface area (Å²) >= 11 is 0. The van der Waals surface area contributed by atoms with Gasteiger partial charge in [0, 0.05) is 0 Å². The third kappa shape index (κ3) is 2.19. The molecule has 1 aromatic rings. The molecule has 0 aliphatic rings. The Bertz CT molecular complexity index is 409. The van der Waals surface area contributed by atoms with Crippen LogP contribution in [-0.4, -0.2) is 17.6 Å². The minimum Gasteiger partial charge on any atom is -0.480 e. The number of carboxylic acids is 1. The van der Waals surface area contributed by atoms with Crippen LogP contribution in [0.15, 0.2) is 18.2 Å². The van der Waals surface area contributed by atoms with Crippen LogP contribution in [0.1, 0.15) is 19.4 Å². The van der Waals surface area contributed by atoms with Crippen molar-refractivity contribution >= 4 is 5.97 Å². The molecule has 88 valence electrons. The summed E-state index contributed by atoms with van der Waals surface area (Å²) in [4.78, 5) is 11.1. The highest BCUT2D eigenvalue weighted by Crippen LogP contribution is 2.22. The summed E-state index contributed by atoms with van der Waals surface area (Å²) in [5, 5.41) is 11.8. The van der Waals surface area contributed by atoms with Crippen LogP contribution in [0.5, 0.6) is 0 Å². The van der Waals surface area contributed by atoms with Gasteiger partial charge in [-0.15, -0.1) is 0 Å². The zero-order valence-electron chi connectivity index (χ0n) is 9.05. The SMILES string of the molecule is CCN[C@](C)(C(=O)O)c1ccc(F)c(F)c1. The van der Waals surface area contributed by atoms with Crippen LogP contribution in [0.4, 0.5) is 8.78 Å². The second-order valence-electron chi connectivity index (χ2n) is 3.59. The van der Waals surface area contributed by atoms with Gasteiger partial charge in [-0.2, -0.15) is 0 Å². The van der Waals surface area contributed by atoms with Crippen LogP contribution < -0.4 is 5.32 Å². The molecule has 1 aromatic carbocycles. The Labute approximate surface area is 92.1 Å². The van der Waals surface area contributed by atoms with Crippen LogP contribution in [-0.2, 0) is 10.3 Å². The summed E-state index contributed by atoms with van der Waals surface area (Å²) in [6.45, 7) is 3.55. The van der Waals surface area contributed by atoms with Crippen molar-refractivity contribution in [2.24, 2.45) is 0 Å². The quantitative estimate of drug-likeness (QED) is 0.828. The molecule has 0 amide bonds. The summed E-state index contributed by atoms with van der Waals surface area (Å²) in [6.07, 6.45) is 0. The number of hydrogen-bond acceptors (Lipinski definition) is 2. The Hall–Kier alpha value is -1.49. The predicted molar refractivity (Wildman–Crippen MR) is 55.0 cm³/mol. The molecule has 0 saturated heterocycles. The molecule has 0 unspecified atom stereocenters. The number of aliphatic carboxylic acids is 1. The number of carbonyl (C=O) groups is 1. The Morgan fingerprint density at radius 2 is 2.06 bits per heavy atom. The van der Waals surface area contributed by atoms with E-state index in [2.05, 4.69) is 5.32 Å². The lowest BCUT2D eigenvalue weighted by Crippen LogP contribution is -2.46. The summed E-state index contributed by atoms with van der Waals surface area (Å²) in [5.74, 6) is -3.18. The van der Waals surface area contributed by atoms with E-state index < -0.39 is 23.1 Å². The van der Waals surface area contributed by atoms with Crippen molar-refractivity contribution in [2.45, 2.75) is 19.4 Å². The number of likely N-dealkylation sites (N-methyl/N-ethyl adjacent to an activating group) is 1.